The molecule has 0 fully saturated rings. The van der Waals surface area contributed by atoms with Gasteiger partial charge in [-0.25, -0.2) is 4.39 Å². The molecule has 1 aromatic carbocycles. The van der Waals surface area contributed by atoms with Crippen LogP contribution >= 0.6 is 0 Å². The van der Waals surface area contributed by atoms with E-state index in [2.05, 4.69) is 5.32 Å². The smallest absolute Gasteiger partial charge is 0.221 e. The first kappa shape index (κ1) is 12.6. The van der Waals surface area contributed by atoms with Crippen molar-refractivity contribution in [2.24, 2.45) is 0 Å². The maximum absolute atomic E-state index is 13.5. The van der Waals surface area contributed by atoms with Crippen LogP contribution in [0.3, 0.4) is 0 Å². The molecule has 1 amide bonds. The minimum absolute atomic E-state index is 0.0169. The topological polar surface area (TPSA) is 34.0 Å². The summed E-state index contributed by atoms with van der Waals surface area (Å²) in [6, 6.07) is 6.88. The highest BCUT2D eigenvalue weighted by Gasteiger charge is 2.07. The first-order valence-corrected chi connectivity index (χ1v) is 6.10. The van der Waals surface area contributed by atoms with Crippen molar-refractivity contribution >= 4 is 16.8 Å². The molecule has 18 heavy (non-hydrogen) atoms. The van der Waals surface area contributed by atoms with Crippen molar-refractivity contribution in [2.75, 3.05) is 0 Å². The van der Waals surface area contributed by atoms with Crippen LogP contribution in [0, 0.1) is 5.82 Å². The van der Waals surface area contributed by atoms with Crippen molar-refractivity contribution in [1.82, 2.24) is 9.88 Å². The molecule has 0 atom stereocenters. The molecule has 2 aromatic rings. The molecule has 0 spiro atoms. The summed E-state index contributed by atoms with van der Waals surface area (Å²) in [7, 11) is 0. The molecule has 3 nitrogen and oxygen atoms in total. The molecule has 4 heteroatoms. The fourth-order valence-electron chi connectivity index (χ4n) is 2.00. The predicted molar refractivity (Wildman–Crippen MR) is 69.8 cm³/mol. The van der Waals surface area contributed by atoms with Crippen LogP contribution < -0.4 is 5.32 Å². The average molecular weight is 248 g/mol. The Hall–Kier alpha value is -1.84. The number of amides is 1. The molecule has 96 valence electrons. The van der Waals surface area contributed by atoms with Gasteiger partial charge in [-0.2, -0.15) is 0 Å². The zero-order chi connectivity index (χ0) is 13.1. The lowest BCUT2D eigenvalue weighted by Crippen LogP contribution is -2.30. The summed E-state index contributed by atoms with van der Waals surface area (Å²) in [4.78, 5) is 11.6. The highest BCUT2D eigenvalue weighted by molar-refractivity contribution is 5.81. The van der Waals surface area contributed by atoms with Crippen LogP contribution in [0.25, 0.3) is 10.9 Å². The van der Waals surface area contributed by atoms with Crippen LogP contribution in [0.1, 0.15) is 20.3 Å². The van der Waals surface area contributed by atoms with Crippen LogP contribution in [0.15, 0.2) is 30.5 Å². The number of halogens is 1. The van der Waals surface area contributed by atoms with Crippen LogP contribution in [0.5, 0.6) is 0 Å². The SMILES string of the molecule is CC(C)NC(=O)CCn1ccc2c(F)cccc21. The Morgan fingerprint density at radius 3 is 2.89 bits per heavy atom. The zero-order valence-electron chi connectivity index (χ0n) is 10.6. The van der Waals surface area contributed by atoms with Crippen molar-refractivity contribution in [3.63, 3.8) is 0 Å². The molecule has 0 unspecified atom stereocenters. The van der Waals surface area contributed by atoms with Gasteiger partial charge in [0.2, 0.25) is 5.91 Å². The highest BCUT2D eigenvalue weighted by atomic mass is 19.1. The minimum atomic E-state index is -0.224. The van der Waals surface area contributed by atoms with Gasteiger partial charge >= 0.3 is 0 Å². The van der Waals surface area contributed by atoms with Gasteiger partial charge in [-0.1, -0.05) is 6.07 Å². The minimum Gasteiger partial charge on any atom is -0.354 e. The monoisotopic (exact) mass is 248 g/mol. The van der Waals surface area contributed by atoms with Gasteiger partial charge in [0.1, 0.15) is 5.82 Å². The standard InChI is InChI=1S/C14H17FN2O/c1-10(2)16-14(18)7-9-17-8-6-11-12(15)4-3-5-13(11)17/h3-6,8,10H,7,9H2,1-2H3,(H,16,18). The molecule has 1 N–H and O–H groups in total. The molecule has 0 bridgehead atoms. The van der Waals surface area contributed by atoms with Crippen molar-refractivity contribution < 1.29 is 9.18 Å². The number of carbonyl (C=O) groups excluding carboxylic acids is 1. The maximum Gasteiger partial charge on any atom is 0.221 e. The van der Waals surface area contributed by atoms with Crippen LogP contribution in [-0.4, -0.2) is 16.5 Å². The molecular weight excluding hydrogens is 231 g/mol. The van der Waals surface area contributed by atoms with Gasteiger partial charge in [0.05, 0.1) is 5.52 Å². The number of fused-ring (bicyclic) bond motifs is 1. The summed E-state index contributed by atoms with van der Waals surface area (Å²) in [5.41, 5.74) is 0.826. The summed E-state index contributed by atoms with van der Waals surface area (Å²) in [6.45, 7) is 4.42. The fraction of sp³-hybridized carbons (Fsp3) is 0.357. The number of nitrogens with zero attached hydrogens (tertiary/aromatic N) is 1. The van der Waals surface area contributed by atoms with Gasteiger partial charge in [0.25, 0.3) is 0 Å². The lowest BCUT2D eigenvalue weighted by Gasteiger charge is -2.09. The second-order valence-electron chi connectivity index (χ2n) is 4.65. The number of carbonyl (C=O) groups is 1. The first-order chi connectivity index (χ1) is 8.58. The quantitative estimate of drug-likeness (QED) is 0.886. The Morgan fingerprint density at radius 1 is 1.39 bits per heavy atom. The van der Waals surface area contributed by atoms with Gasteiger partial charge in [-0.15, -0.1) is 0 Å². The van der Waals surface area contributed by atoms with E-state index in [-0.39, 0.29) is 17.8 Å². The summed E-state index contributed by atoms with van der Waals surface area (Å²) in [5, 5.41) is 3.44. The Kier molecular flexibility index (Phi) is 3.65. The Bertz CT molecular complexity index is 560. The first-order valence-electron chi connectivity index (χ1n) is 6.10. The van der Waals surface area contributed by atoms with E-state index in [0.29, 0.717) is 18.4 Å². The second-order valence-corrected chi connectivity index (χ2v) is 4.65. The summed E-state index contributed by atoms with van der Waals surface area (Å²) in [6.07, 6.45) is 2.22. The number of aromatic nitrogens is 1. The molecule has 0 radical (unpaired) electrons. The van der Waals surface area contributed by atoms with Crippen LogP contribution in [-0.2, 0) is 11.3 Å². The second kappa shape index (κ2) is 5.21. The number of aryl methyl sites for hydroxylation is 1. The molecule has 0 saturated heterocycles. The summed E-state index contributed by atoms with van der Waals surface area (Å²) < 4.78 is 15.4. The average Bonchev–Trinajstić information content (AvgIpc) is 2.70. The van der Waals surface area contributed by atoms with E-state index in [1.165, 1.54) is 6.07 Å². The van der Waals surface area contributed by atoms with E-state index in [1.54, 1.807) is 12.1 Å². The Labute approximate surface area is 106 Å². The van der Waals surface area contributed by atoms with E-state index in [0.717, 1.165) is 5.52 Å². The van der Waals surface area contributed by atoms with Gasteiger partial charge in [-0.05, 0) is 32.0 Å². The van der Waals surface area contributed by atoms with Gasteiger partial charge < -0.3 is 9.88 Å². The number of hydrogen-bond acceptors (Lipinski definition) is 1. The van der Waals surface area contributed by atoms with Gasteiger partial charge in [0, 0.05) is 30.6 Å². The predicted octanol–water partition coefficient (Wildman–Crippen LogP) is 2.70. The van der Waals surface area contributed by atoms with Crippen molar-refractivity contribution in [2.45, 2.75) is 32.9 Å². The lowest BCUT2D eigenvalue weighted by molar-refractivity contribution is -0.121. The lowest BCUT2D eigenvalue weighted by atomic mass is 10.2. The molecule has 0 aliphatic carbocycles. The molecule has 1 aromatic heterocycles. The number of benzene rings is 1. The third-order valence-electron chi connectivity index (χ3n) is 2.79. The molecule has 2 rings (SSSR count). The Balaban J connectivity index is 2.09. The third-order valence-corrected chi connectivity index (χ3v) is 2.79. The summed E-state index contributed by atoms with van der Waals surface area (Å²) in [5.74, 6) is -0.207. The molecule has 0 aliphatic heterocycles. The number of hydrogen-bond donors (Lipinski definition) is 1. The van der Waals surface area contributed by atoms with Crippen LogP contribution in [0.2, 0.25) is 0 Å². The van der Waals surface area contributed by atoms with E-state index >= 15 is 0 Å². The third kappa shape index (κ3) is 2.70. The normalized spacial score (nSPS) is 11.1. The van der Waals surface area contributed by atoms with Crippen molar-refractivity contribution in [3.05, 3.63) is 36.3 Å². The van der Waals surface area contributed by atoms with E-state index in [4.69, 9.17) is 0 Å². The molecule has 0 aliphatic rings. The number of rotatable bonds is 4. The molecule has 0 saturated carbocycles. The van der Waals surface area contributed by atoms with Crippen molar-refractivity contribution in [1.29, 1.82) is 0 Å². The molecule has 1 heterocycles. The fourth-order valence-corrected chi connectivity index (χ4v) is 2.00. The highest BCUT2D eigenvalue weighted by Crippen LogP contribution is 2.19. The summed E-state index contributed by atoms with van der Waals surface area (Å²) >= 11 is 0. The van der Waals surface area contributed by atoms with E-state index in [9.17, 15) is 9.18 Å². The van der Waals surface area contributed by atoms with E-state index < -0.39 is 0 Å². The van der Waals surface area contributed by atoms with Crippen molar-refractivity contribution in [3.8, 4) is 0 Å². The largest absolute Gasteiger partial charge is 0.354 e. The molecular formula is C14H17FN2O. The van der Waals surface area contributed by atoms with E-state index in [1.807, 2.05) is 30.7 Å². The zero-order valence-corrected chi connectivity index (χ0v) is 10.6. The van der Waals surface area contributed by atoms with Gasteiger partial charge in [-0.3, -0.25) is 4.79 Å². The van der Waals surface area contributed by atoms with Gasteiger partial charge in [0.15, 0.2) is 0 Å². The number of nitrogens with one attached hydrogen (secondary N) is 1. The van der Waals surface area contributed by atoms with Crippen LogP contribution in [0.4, 0.5) is 4.39 Å². The maximum atomic E-state index is 13.5. The Morgan fingerprint density at radius 2 is 2.17 bits per heavy atom.